The van der Waals surface area contributed by atoms with Crippen LogP contribution < -0.4 is 0 Å². The first-order valence-corrected chi connectivity index (χ1v) is 5.63. The molecule has 0 amide bonds. The molecule has 0 aromatic carbocycles. The van der Waals surface area contributed by atoms with Gasteiger partial charge in [-0.2, -0.15) is 0 Å². The summed E-state index contributed by atoms with van der Waals surface area (Å²) in [4.78, 5) is 11.4. The minimum absolute atomic E-state index is 0.257. The molecule has 0 spiro atoms. The lowest BCUT2D eigenvalue weighted by Gasteiger charge is -2.27. The normalized spacial score (nSPS) is 24.8. The van der Waals surface area contributed by atoms with E-state index >= 15 is 0 Å². The molecule has 2 aliphatic rings. The highest BCUT2D eigenvalue weighted by molar-refractivity contribution is 5.92. The fraction of sp³-hybridized carbons (Fsp3) is 0.417. The first-order valence-electron chi connectivity index (χ1n) is 5.63. The Morgan fingerprint density at radius 1 is 1.12 bits per heavy atom. The summed E-state index contributed by atoms with van der Waals surface area (Å²) in [6.45, 7) is 0. The monoisotopic (exact) mass is 215 g/mol. The minimum Gasteiger partial charge on any atom is -0.295 e. The van der Waals surface area contributed by atoms with Crippen LogP contribution in [-0.2, 0) is 4.79 Å². The number of ketones is 1. The second-order valence-electron chi connectivity index (χ2n) is 4.39. The van der Waals surface area contributed by atoms with Crippen LogP contribution in [0.4, 0.5) is 0 Å². The molecule has 2 aliphatic carbocycles. The van der Waals surface area contributed by atoms with Gasteiger partial charge >= 0.3 is 0 Å². The maximum absolute atomic E-state index is 11.4. The fourth-order valence-corrected chi connectivity index (χ4v) is 2.47. The van der Waals surface area contributed by atoms with Crippen molar-refractivity contribution in [1.82, 2.24) is 14.8 Å². The van der Waals surface area contributed by atoms with Crippen LogP contribution in [0.5, 0.6) is 0 Å². The van der Waals surface area contributed by atoms with Crippen LogP contribution in [0.25, 0.3) is 5.70 Å². The van der Waals surface area contributed by atoms with Crippen LogP contribution in [0.1, 0.15) is 25.7 Å². The van der Waals surface area contributed by atoms with Gasteiger partial charge in [-0.3, -0.25) is 9.36 Å². The molecule has 16 heavy (non-hydrogen) atoms. The van der Waals surface area contributed by atoms with Crippen LogP contribution in [0.2, 0.25) is 0 Å². The summed E-state index contributed by atoms with van der Waals surface area (Å²) < 4.78 is 1.93. The van der Waals surface area contributed by atoms with E-state index < -0.39 is 0 Å². The van der Waals surface area contributed by atoms with E-state index in [1.807, 2.05) is 4.57 Å². The van der Waals surface area contributed by atoms with Crippen molar-refractivity contribution in [2.24, 2.45) is 5.92 Å². The van der Waals surface area contributed by atoms with Gasteiger partial charge in [0.05, 0.1) is 0 Å². The predicted octanol–water partition coefficient (Wildman–Crippen LogP) is 1.82. The molecule has 1 unspecified atom stereocenters. The van der Waals surface area contributed by atoms with Gasteiger partial charge in [0.25, 0.3) is 0 Å². The smallest absolute Gasteiger partial charge is 0.155 e. The predicted molar refractivity (Wildman–Crippen MR) is 59.3 cm³/mol. The van der Waals surface area contributed by atoms with Crippen molar-refractivity contribution in [2.75, 3.05) is 0 Å². The zero-order valence-electron chi connectivity index (χ0n) is 8.97. The summed E-state index contributed by atoms with van der Waals surface area (Å²) >= 11 is 0. The highest BCUT2D eigenvalue weighted by Crippen LogP contribution is 2.35. The molecule has 1 heterocycles. The number of rotatable bonds is 1. The number of hydrogen-bond acceptors (Lipinski definition) is 3. The third-order valence-corrected chi connectivity index (χ3v) is 3.37. The first kappa shape index (κ1) is 9.51. The summed E-state index contributed by atoms with van der Waals surface area (Å²) in [6.07, 6.45) is 11.2. The van der Waals surface area contributed by atoms with E-state index in [1.54, 1.807) is 18.7 Å². The third-order valence-electron chi connectivity index (χ3n) is 3.37. The number of hydrogen-bond donors (Lipinski definition) is 0. The van der Waals surface area contributed by atoms with E-state index in [0.717, 1.165) is 19.3 Å². The lowest BCUT2D eigenvalue weighted by molar-refractivity contribution is -0.115. The van der Waals surface area contributed by atoms with Crippen molar-refractivity contribution >= 4 is 11.5 Å². The Morgan fingerprint density at radius 3 is 2.69 bits per heavy atom. The average Bonchev–Trinajstić information content (AvgIpc) is 2.81. The molecule has 0 saturated heterocycles. The van der Waals surface area contributed by atoms with Gasteiger partial charge in [-0.25, -0.2) is 0 Å². The molecule has 1 aromatic rings. The standard InChI is InChI=1S/C12H13N3O/c16-12-4-2-9-1-3-11(5-10(9)6-12)15-7-13-14-8-15/h5-9H,1-4H2. The number of aromatic nitrogens is 3. The highest BCUT2D eigenvalue weighted by atomic mass is 16.1. The Balaban J connectivity index is 1.96. The number of carbonyl (C=O) groups excluding carboxylic acids is 1. The van der Waals surface area contributed by atoms with Crippen molar-refractivity contribution in [3.63, 3.8) is 0 Å². The molecule has 0 N–H and O–H groups in total. The molecule has 0 aliphatic heterocycles. The van der Waals surface area contributed by atoms with Crippen LogP contribution in [0.3, 0.4) is 0 Å². The summed E-state index contributed by atoms with van der Waals surface area (Å²) in [5, 5.41) is 7.60. The first-order chi connectivity index (χ1) is 7.83. The molecule has 1 aromatic heterocycles. The summed E-state index contributed by atoms with van der Waals surface area (Å²) in [5.74, 6) is 0.838. The van der Waals surface area contributed by atoms with Gasteiger partial charge in [0.1, 0.15) is 12.7 Å². The van der Waals surface area contributed by atoms with Crippen LogP contribution >= 0.6 is 0 Å². The average molecular weight is 215 g/mol. The third kappa shape index (κ3) is 1.60. The summed E-state index contributed by atoms with van der Waals surface area (Å²) in [5.41, 5.74) is 2.37. The van der Waals surface area contributed by atoms with Gasteiger partial charge in [0, 0.05) is 12.1 Å². The van der Waals surface area contributed by atoms with E-state index in [9.17, 15) is 4.79 Å². The molecule has 0 bridgehead atoms. The second-order valence-corrected chi connectivity index (χ2v) is 4.39. The van der Waals surface area contributed by atoms with Gasteiger partial charge < -0.3 is 0 Å². The van der Waals surface area contributed by atoms with Gasteiger partial charge in [0.2, 0.25) is 0 Å². The van der Waals surface area contributed by atoms with Gasteiger partial charge in [-0.05, 0) is 42.9 Å². The van der Waals surface area contributed by atoms with E-state index in [2.05, 4.69) is 16.3 Å². The SMILES string of the molecule is O=C1C=C2C=C(n3cnnc3)CCC2CC1. The minimum atomic E-state index is 0.257. The molecule has 0 radical (unpaired) electrons. The number of allylic oxidation sites excluding steroid dienone is 4. The molecule has 1 atom stereocenters. The quantitative estimate of drug-likeness (QED) is 0.718. The zero-order chi connectivity index (χ0) is 11.0. The van der Waals surface area contributed by atoms with Crippen molar-refractivity contribution in [3.8, 4) is 0 Å². The Labute approximate surface area is 93.7 Å². The summed E-state index contributed by atoms with van der Waals surface area (Å²) in [6, 6.07) is 0. The lowest BCUT2D eigenvalue weighted by Crippen LogP contribution is -2.17. The maximum Gasteiger partial charge on any atom is 0.155 e. The van der Waals surface area contributed by atoms with Crippen molar-refractivity contribution < 1.29 is 4.79 Å². The lowest BCUT2D eigenvalue weighted by atomic mass is 9.80. The summed E-state index contributed by atoms with van der Waals surface area (Å²) in [7, 11) is 0. The topological polar surface area (TPSA) is 47.8 Å². The Morgan fingerprint density at radius 2 is 1.88 bits per heavy atom. The van der Waals surface area contributed by atoms with Crippen LogP contribution in [-0.4, -0.2) is 20.5 Å². The van der Waals surface area contributed by atoms with E-state index in [4.69, 9.17) is 0 Å². The van der Waals surface area contributed by atoms with E-state index in [0.29, 0.717) is 12.3 Å². The van der Waals surface area contributed by atoms with Crippen molar-refractivity contribution in [1.29, 1.82) is 0 Å². The second kappa shape index (κ2) is 3.70. The number of nitrogens with zero attached hydrogens (tertiary/aromatic N) is 3. The molecule has 82 valence electrons. The largest absolute Gasteiger partial charge is 0.295 e. The molecular formula is C12H13N3O. The molecule has 0 fully saturated rings. The number of fused-ring (bicyclic) bond motifs is 1. The number of carbonyl (C=O) groups is 1. The van der Waals surface area contributed by atoms with Gasteiger partial charge in [-0.15, -0.1) is 10.2 Å². The van der Waals surface area contributed by atoms with Crippen molar-refractivity contribution in [3.05, 3.63) is 30.4 Å². The van der Waals surface area contributed by atoms with Crippen LogP contribution in [0, 0.1) is 5.92 Å². The molecule has 0 saturated carbocycles. The fourth-order valence-electron chi connectivity index (χ4n) is 2.47. The molecule has 3 rings (SSSR count). The maximum atomic E-state index is 11.4. The van der Waals surface area contributed by atoms with E-state index in [1.165, 1.54) is 11.3 Å². The molecular weight excluding hydrogens is 202 g/mol. The molecule has 4 nitrogen and oxygen atoms in total. The van der Waals surface area contributed by atoms with Crippen LogP contribution in [0.15, 0.2) is 30.4 Å². The Kier molecular flexibility index (Phi) is 2.20. The van der Waals surface area contributed by atoms with Gasteiger partial charge in [-0.1, -0.05) is 0 Å². The zero-order valence-corrected chi connectivity index (χ0v) is 8.97. The van der Waals surface area contributed by atoms with Gasteiger partial charge in [0.15, 0.2) is 5.78 Å². The highest BCUT2D eigenvalue weighted by Gasteiger charge is 2.24. The van der Waals surface area contributed by atoms with Crippen molar-refractivity contribution in [2.45, 2.75) is 25.7 Å². The Bertz CT molecular complexity index is 470. The Hall–Kier alpha value is -1.71. The van der Waals surface area contributed by atoms with E-state index in [-0.39, 0.29) is 5.78 Å². The molecule has 4 heteroatoms.